The third kappa shape index (κ3) is 7.29. The topological polar surface area (TPSA) is 61.4 Å². The van der Waals surface area contributed by atoms with Gasteiger partial charge in [0.15, 0.2) is 0 Å². The van der Waals surface area contributed by atoms with E-state index in [1.54, 1.807) is 29.2 Å². The quantitative estimate of drug-likeness (QED) is 0.672. The molecule has 2 aromatic rings. The number of anilines is 1. The first kappa shape index (κ1) is 21.9. The highest BCUT2D eigenvalue weighted by atomic mass is 35.5. The zero-order valence-electron chi connectivity index (χ0n) is 16.1. The molecule has 150 valence electrons. The van der Waals surface area contributed by atoms with E-state index in [4.69, 9.17) is 11.6 Å². The minimum atomic E-state index is -0.280. The normalized spacial score (nSPS) is 10.8. The van der Waals surface area contributed by atoms with E-state index in [9.17, 15) is 14.0 Å². The molecule has 0 aliphatic heterocycles. The van der Waals surface area contributed by atoms with Crippen molar-refractivity contribution in [1.29, 1.82) is 0 Å². The number of nitrogens with zero attached hydrogens (tertiary/aromatic N) is 1. The lowest BCUT2D eigenvalue weighted by Gasteiger charge is -2.19. The smallest absolute Gasteiger partial charge is 0.238 e. The molecule has 0 bridgehead atoms. The Hall–Kier alpha value is -2.44. The molecule has 0 heterocycles. The van der Waals surface area contributed by atoms with Crippen LogP contribution in [0.4, 0.5) is 10.1 Å². The van der Waals surface area contributed by atoms with E-state index in [0.29, 0.717) is 30.2 Å². The number of amides is 2. The van der Waals surface area contributed by atoms with E-state index < -0.39 is 0 Å². The fourth-order valence-electron chi connectivity index (χ4n) is 2.66. The van der Waals surface area contributed by atoms with Gasteiger partial charge in [0, 0.05) is 17.3 Å². The molecule has 2 amide bonds. The van der Waals surface area contributed by atoms with Crippen molar-refractivity contribution in [1.82, 2.24) is 10.2 Å². The summed E-state index contributed by atoms with van der Waals surface area (Å²) in [6.07, 6.45) is 0.618. The molecule has 5 nitrogen and oxygen atoms in total. The number of likely N-dealkylation sites (N-methyl/N-ethyl adjacent to an activating group) is 1. The van der Waals surface area contributed by atoms with E-state index in [2.05, 4.69) is 10.6 Å². The van der Waals surface area contributed by atoms with Crippen molar-refractivity contribution in [3.8, 4) is 0 Å². The number of hydrogen-bond donors (Lipinski definition) is 2. The maximum Gasteiger partial charge on any atom is 0.238 e. The number of carbonyl (C=O) groups excluding carboxylic acids is 2. The zero-order valence-corrected chi connectivity index (χ0v) is 16.9. The summed E-state index contributed by atoms with van der Waals surface area (Å²) in [6.45, 7) is 5.03. The molecule has 2 N–H and O–H groups in total. The SMILES string of the molecule is CCN(CC(=O)NCCc1ccc(F)cc1)CC(=O)Nc1cc(Cl)ccc1C. The van der Waals surface area contributed by atoms with Gasteiger partial charge in [0.1, 0.15) is 5.82 Å². The van der Waals surface area contributed by atoms with Crippen molar-refractivity contribution < 1.29 is 14.0 Å². The Morgan fingerprint density at radius 3 is 2.43 bits per heavy atom. The Morgan fingerprint density at radius 1 is 1.07 bits per heavy atom. The van der Waals surface area contributed by atoms with Crippen LogP contribution in [0.2, 0.25) is 5.02 Å². The standard InChI is InChI=1S/C21H25ClFN3O2/c1-3-26(14-21(28)25-19-12-17(22)7-4-15(19)2)13-20(27)24-11-10-16-5-8-18(23)9-6-16/h4-9,12H,3,10-11,13-14H2,1-2H3,(H,24,27)(H,25,28). The molecule has 0 unspecified atom stereocenters. The molecule has 2 rings (SSSR count). The fraction of sp³-hybridized carbons (Fsp3) is 0.333. The van der Waals surface area contributed by atoms with Gasteiger partial charge in [-0.05, 0) is 55.3 Å². The summed E-state index contributed by atoms with van der Waals surface area (Å²) in [4.78, 5) is 26.2. The Balaban J connectivity index is 1.77. The van der Waals surface area contributed by atoms with Gasteiger partial charge in [-0.15, -0.1) is 0 Å². The average Bonchev–Trinajstić information content (AvgIpc) is 2.65. The summed E-state index contributed by atoms with van der Waals surface area (Å²) in [5, 5.41) is 6.21. The van der Waals surface area contributed by atoms with Crippen LogP contribution < -0.4 is 10.6 Å². The third-order valence-electron chi connectivity index (χ3n) is 4.30. The van der Waals surface area contributed by atoms with Gasteiger partial charge in [-0.1, -0.05) is 36.7 Å². The van der Waals surface area contributed by atoms with Crippen LogP contribution in [0.3, 0.4) is 0 Å². The second kappa shape index (κ2) is 10.8. The van der Waals surface area contributed by atoms with Crippen LogP contribution in [0.25, 0.3) is 0 Å². The van der Waals surface area contributed by atoms with Crippen molar-refractivity contribution in [2.75, 3.05) is 31.5 Å². The highest BCUT2D eigenvalue weighted by Crippen LogP contribution is 2.20. The van der Waals surface area contributed by atoms with Crippen molar-refractivity contribution in [2.45, 2.75) is 20.3 Å². The number of hydrogen-bond acceptors (Lipinski definition) is 3. The number of aryl methyl sites for hydroxylation is 1. The van der Waals surface area contributed by atoms with Crippen LogP contribution in [0.15, 0.2) is 42.5 Å². The van der Waals surface area contributed by atoms with E-state index in [1.165, 1.54) is 12.1 Å². The molecule has 7 heteroatoms. The van der Waals surface area contributed by atoms with Gasteiger partial charge in [-0.3, -0.25) is 14.5 Å². The molecule has 0 aromatic heterocycles. The number of carbonyl (C=O) groups is 2. The summed E-state index contributed by atoms with van der Waals surface area (Å²) in [5.74, 6) is -0.639. The lowest BCUT2D eigenvalue weighted by Crippen LogP contribution is -2.41. The van der Waals surface area contributed by atoms with E-state index >= 15 is 0 Å². The Labute approximate surface area is 169 Å². The van der Waals surface area contributed by atoms with E-state index in [-0.39, 0.29) is 30.7 Å². The maximum absolute atomic E-state index is 12.9. The second-order valence-electron chi connectivity index (χ2n) is 6.54. The maximum atomic E-state index is 12.9. The lowest BCUT2D eigenvalue weighted by atomic mass is 10.1. The molecule has 0 aliphatic carbocycles. The molecule has 0 saturated carbocycles. The van der Waals surface area contributed by atoms with Crippen LogP contribution in [0.1, 0.15) is 18.1 Å². The van der Waals surface area contributed by atoms with Gasteiger partial charge in [-0.2, -0.15) is 0 Å². The molecule has 0 radical (unpaired) electrons. The van der Waals surface area contributed by atoms with Gasteiger partial charge >= 0.3 is 0 Å². The summed E-state index contributed by atoms with van der Waals surface area (Å²) in [7, 11) is 0. The second-order valence-corrected chi connectivity index (χ2v) is 6.97. The van der Waals surface area contributed by atoms with Crippen molar-refractivity contribution in [3.63, 3.8) is 0 Å². The monoisotopic (exact) mass is 405 g/mol. The highest BCUT2D eigenvalue weighted by Gasteiger charge is 2.14. The summed E-state index contributed by atoms with van der Waals surface area (Å²) >= 11 is 5.97. The largest absolute Gasteiger partial charge is 0.355 e. The van der Waals surface area contributed by atoms with E-state index in [1.807, 2.05) is 19.9 Å². The Bertz CT molecular complexity index is 812. The fourth-order valence-corrected chi connectivity index (χ4v) is 2.83. The molecular weight excluding hydrogens is 381 g/mol. The molecule has 0 atom stereocenters. The minimum Gasteiger partial charge on any atom is -0.355 e. The molecule has 0 aliphatic rings. The van der Waals surface area contributed by atoms with Crippen LogP contribution in [0.5, 0.6) is 0 Å². The van der Waals surface area contributed by atoms with Crippen LogP contribution in [-0.4, -0.2) is 42.9 Å². The Morgan fingerprint density at radius 2 is 1.75 bits per heavy atom. The van der Waals surface area contributed by atoms with Gasteiger partial charge in [-0.25, -0.2) is 4.39 Å². The first-order chi connectivity index (χ1) is 13.4. The number of nitrogens with one attached hydrogen (secondary N) is 2. The lowest BCUT2D eigenvalue weighted by molar-refractivity contribution is -0.123. The third-order valence-corrected chi connectivity index (χ3v) is 4.54. The van der Waals surface area contributed by atoms with Crippen molar-refractivity contribution in [2.24, 2.45) is 0 Å². The summed E-state index contributed by atoms with van der Waals surface area (Å²) in [5.41, 5.74) is 2.53. The summed E-state index contributed by atoms with van der Waals surface area (Å²) < 4.78 is 12.9. The van der Waals surface area contributed by atoms with Crippen molar-refractivity contribution in [3.05, 3.63) is 64.4 Å². The van der Waals surface area contributed by atoms with Gasteiger partial charge in [0.05, 0.1) is 13.1 Å². The van der Waals surface area contributed by atoms with Crippen LogP contribution in [0, 0.1) is 12.7 Å². The molecule has 0 saturated heterocycles. The highest BCUT2D eigenvalue weighted by molar-refractivity contribution is 6.31. The van der Waals surface area contributed by atoms with Gasteiger partial charge in [0.25, 0.3) is 0 Å². The van der Waals surface area contributed by atoms with Crippen molar-refractivity contribution >= 4 is 29.1 Å². The number of halogens is 2. The zero-order chi connectivity index (χ0) is 20.5. The predicted molar refractivity (Wildman–Crippen MR) is 110 cm³/mol. The molecule has 28 heavy (non-hydrogen) atoms. The minimum absolute atomic E-state index is 0.105. The molecule has 2 aromatic carbocycles. The van der Waals surface area contributed by atoms with E-state index in [0.717, 1.165) is 11.1 Å². The van der Waals surface area contributed by atoms with Gasteiger partial charge in [0.2, 0.25) is 11.8 Å². The predicted octanol–water partition coefficient (Wildman–Crippen LogP) is 3.41. The van der Waals surface area contributed by atoms with Crippen LogP contribution in [-0.2, 0) is 16.0 Å². The first-order valence-electron chi connectivity index (χ1n) is 9.17. The molecule has 0 fully saturated rings. The molecular formula is C21H25ClFN3O2. The number of rotatable bonds is 9. The molecule has 0 spiro atoms. The number of benzene rings is 2. The Kier molecular flexibility index (Phi) is 8.42. The van der Waals surface area contributed by atoms with Gasteiger partial charge < -0.3 is 10.6 Å². The first-order valence-corrected chi connectivity index (χ1v) is 9.54. The average molecular weight is 406 g/mol. The van der Waals surface area contributed by atoms with Crippen LogP contribution >= 0.6 is 11.6 Å². The summed E-state index contributed by atoms with van der Waals surface area (Å²) in [6, 6.07) is 11.5.